The van der Waals surface area contributed by atoms with E-state index in [2.05, 4.69) is 35.5 Å². The predicted molar refractivity (Wildman–Crippen MR) is 82.8 cm³/mol. The van der Waals surface area contributed by atoms with E-state index in [1.165, 1.54) is 19.3 Å². The molecule has 0 bridgehead atoms. The van der Waals surface area contributed by atoms with Gasteiger partial charge in [0.2, 0.25) is 0 Å². The topological polar surface area (TPSA) is 26.8 Å². The van der Waals surface area contributed by atoms with Gasteiger partial charge in [-0.05, 0) is 37.6 Å². The summed E-state index contributed by atoms with van der Waals surface area (Å²) in [4.78, 5) is 19.1. The molecule has 2 heterocycles. The van der Waals surface area contributed by atoms with Gasteiger partial charge in [-0.25, -0.2) is 4.79 Å². The fourth-order valence-corrected chi connectivity index (χ4v) is 3.48. The Bertz CT molecular complexity index is 303. The number of likely N-dealkylation sites (tertiary alicyclic amines) is 1. The zero-order valence-corrected chi connectivity index (χ0v) is 13.5. The van der Waals surface area contributed by atoms with Gasteiger partial charge < -0.3 is 14.7 Å². The standard InChI is InChI=1S/C16H31N3O/c1-4-17-9-11-19(12-10-17)16(20)18-7-5-15(6-8-18)13-14(2)3/h14-15H,4-13H2,1-3H3. The van der Waals surface area contributed by atoms with Gasteiger partial charge in [0.05, 0.1) is 0 Å². The summed E-state index contributed by atoms with van der Waals surface area (Å²) in [6.45, 7) is 13.7. The van der Waals surface area contributed by atoms with Crippen molar-refractivity contribution in [3.8, 4) is 0 Å². The summed E-state index contributed by atoms with van der Waals surface area (Å²) < 4.78 is 0. The van der Waals surface area contributed by atoms with Crippen molar-refractivity contribution >= 4 is 6.03 Å². The van der Waals surface area contributed by atoms with Crippen LogP contribution in [0.2, 0.25) is 0 Å². The van der Waals surface area contributed by atoms with Crippen LogP contribution in [0.5, 0.6) is 0 Å². The third-order valence-electron chi connectivity index (χ3n) is 4.78. The van der Waals surface area contributed by atoms with Crippen LogP contribution in [0.25, 0.3) is 0 Å². The predicted octanol–water partition coefficient (Wildman–Crippen LogP) is 2.50. The Balaban J connectivity index is 1.75. The lowest BCUT2D eigenvalue weighted by Crippen LogP contribution is -2.54. The van der Waals surface area contributed by atoms with Gasteiger partial charge in [-0.3, -0.25) is 0 Å². The molecule has 0 unspecified atom stereocenters. The van der Waals surface area contributed by atoms with E-state index in [-0.39, 0.29) is 6.03 Å². The Kier molecular flexibility index (Phi) is 5.70. The molecule has 20 heavy (non-hydrogen) atoms. The Hall–Kier alpha value is -0.770. The summed E-state index contributed by atoms with van der Waals surface area (Å²) in [6.07, 6.45) is 3.70. The molecule has 0 spiro atoms. The number of rotatable bonds is 3. The summed E-state index contributed by atoms with van der Waals surface area (Å²) in [5.74, 6) is 1.61. The SMILES string of the molecule is CCN1CCN(C(=O)N2CCC(CC(C)C)CC2)CC1. The first kappa shape index (κ1) is 15.6. The Morgan fingerprint density at radius 2 is 1.55 bits per heavy atom. The molecule has 2 rings (SSSR count). The fourth-order valence-electron chi connectivity index (χ4n) is 3.48. The van der Waals surface area contributed by atoms with Crippen molar-refractivity contribution < 1.29 is 4.79 Å². The van der Waals surface area contributed by atoms with E-state index in [1.807, 2.05) is 0 Å². The van der Waals surface area contributed by atoms with Crippen LogP contribution in [0.4, 0.5) is 4.79 Å². The number of carbonyl (C=O) groups is 1. The first-order valence-corrected chi connectivity index (χ1v) is 8.36. The number of carbonyl (C=O) groups excluding carboxylic acids is 1. The van der Waals surface area contributed by atoms with Crippen LogP contribution in [0.1, 0.15) is 40.0 Å². The molecule has 2 saturated heterocycles. The van der Waals surface area contributed by atoms with Crippen molar-refractivity contribution in [2.24, 2.45) is 11.8 Å². The molecule has 0 aliphatic carbocycles. The van der Waals surface area contributed by atoms with Gasteiger partial charge in [0.25, 0.3) is 0 Å². The van der Waals surface area contributed by atoms with E-state index in [0.29, 0.717) is 0 Å². The average Bonchev–Trinajstić information content (AvgIpc) is 2.47. The second-order valence-electron chi connectivity index (χ2n) is 6.76. The highest BCUT2D eigenvalue weighted by Crippen LogP contribution is 2.24. The number of likely N-dealkylation sites (N-methyl/N-ethyl adjacent to an activating group) is 1. The van der Waals surface area contributed by atoms with E-state index >= 15 is 0 Å². The Morgan fingerprint density at radius 1 is 1.00 bits per heavy atom. The highest BCUT2D eigenvalue weighted by Gasteiger charge is 2.28. The summed E-state index contributed by atoms with van der Waals surface area (Å²) in [7, 11) is 0. The lowest BCUT2D eigenvalue weighted by molar-refractivity contribution is 0.101. The monoisotopic (exact) mass is 281 g/mol. The van der Waals surface area contributed by atoms with Gasteiger partial charge in [-0.15, -0.1) is 0 Å². The lowest BCUT2D eigenvalue weighted by Gasteiger charge is -2.39. The first-order valence-electron chi connectivity index (χ1n) is 8.36. The third kappa shape index (κ3) is 4.11. The smallest absolute Gasteiger partial charge is 0.320 e. The minimum Gasteiger partial charge on any atom is -0.325 e. The highest BCUT2D eigenvalue weighted by atomic mass is 16.2. The molecule has 0 atom stereocenters. The largest absolute Gasteiger partial charge is 0.325 e. The van der Waals surface area contributed by atoms with Crippen molar-refractivity contribution in [1.29, 1.82) is 0 Å². The highest BCUT2D eigenvalue weighted by molar-refractivity contribution is 5.74. The molecule has 0 aromatic heterocycles. The van der Waals surface area contributed by atoms with Crippen molar-refractivity contribution in [3.63, 3.8) is 0 Å². The van der Waals surface area contributed by atoms with E-state index in [4.69, 9.17) is 0 Å². The number of hydrogen-bond donors (Lipinski definition) is 0. The van der Waals surface area contributed by atoms with Crippen molar-refractivity contribution in [1.82, 2.24) is 14.7 Å². The van der Waals surface area contributed by atoms with Crippen molar-refractivity contribution in [3.05, 3.63) is 0 Å². The summed E-state index contributed by atoms with van der Waals surface area (Å²) in [5.41, 5.74) is 0. The number of amides is 2. The maximum Gasteiger partial charge on any atom is 0.320 e. The summed E-state index contributed by atoms with van der Waals surface area (Å²) in [5, 5.41) is 0. The maximum atomic E-state index is 12.5. The minimum atomic E-state index is 0.281. The van der Waals surface area contributed by atoms with E-state index in [9.17, 15) is 4.79 Å². The van der Waals surface area contributed by atoms with Crippen LogP contribution in [0, 0.1) is 11.8 Å². The van der Waals surface area contributed by atoms with E-state index in [1.54, 1.807) is 0 Å². The second kappa shape index (κ2) is 7.30. The molecular formula is C16H31N3O. The third-order valence-corrected chi connectivity index (χ3v) is 4.78. The number of hydrogen-bond acceptors (Lipinski definition) is 2. The van der Waals surface area contributed by atoms with Crippen LogP contribution in [-0.4, -0.2) is 66.5 Å². The molecule has 2 amide bonds. The van der Waals surface area contributed by atoms with Crippen LogP contribution < -0.4 is 0 Å². The molecular weight excluding hydrogens is 250 g/mol. The van der Waals surface area contributed by atoms with Crippen LogP contribution >= 0.6 is 0 Å². The molecule has 2 fully saturated rings. The van der Waals surface area contributed by atoms with Gasteiger partial charge in [0.15, 0.2) is 0 Å². The van der Waals surface area contributed by atoms with Gasteiger partial charge in [0, 0.05) is 39.3 Å². The minimum absolute atomic E-state index is 0.281. The molecule has 0 saturated carbocycles. The van der Waals surface area contributed by atoms with E-state index < -0.39 is 0 Å². The van der Waals surface area contributed by atoms with E-state index in [0.717, 1.165) is 57.6 Å². The average molecular weight is 281 g/mol. The molecule has 4 heteroatoms. The number of piperazine rings is 1. The molecule has 2 aliphatic heterocycles. The fraction of sp³-hybridized carbons (Fsp3) is 0.938. The zero-order valence-electron chi connectivity index (χ0n) is 13.5. The zero-order chi connectivity index (χ0) is 14.5. The molecule has 0 aromatic carbocycles. The van der Waals surface area contributed by atoms with Crippen LogP contribution in [0.3, 0.4) is 0 Å². The molecule has 4 nitrogen and oxygen atoms in total. The van der Waals surface area contributed by atoms with Gasteiger partial charge in [-0.2, -0.15) is 0 Å². The number of nitrogens with zero attached hydrogens (tertiary/aromatic N) is 3. The molecule has 0 radical (unpaired) electrons. The van der Waals surface area contributed by atoms with Crippen LogP contribution in [0.15, 0.2) is 0 Å². The van der Waals surface area contributed by atoms with Crippen molar-refractivity contribution in [2.45, 2.75) is 40.0 Å². The maximum absolute atomic E-state index is 12.5. The summed E-state index contributed by atoms with van der Waals surface area (Å²) in [6, 6.07) is 0.281. The normalized spacial score (nSPS) is 22.6. The van der Waals surface area contributed by atoms with Crippen LogP contribution in [-0.2, 0) is 0 Å². The second-order valence-corrected chi connectivity index (χ2v) is 6.76. The molecule has 2 aliphatic rings. The molecule has 0 aromatic rings. The van der Waals surface area contributed by atoms with Crippen molar-refractivity contribution in [2.75, 3.05) is 45.8 Å². The van der Waals surface area contributed by atoms with Gasteiger partial charge >= 0.3 is 6.03 Å². The first-order chi connectivity index (χ1) is 9.60. The Labute approximate surface area is 124 Å². The molecule has 0 N–H and O–H groups in total. The number of piperidine rings is 1. The quantitative estimate of drug-likeness (QED) is 0.794. The molecule has 116 valence electrons. The Morgan fingerprint density at radius 3 is 2.05 bits per heavy atom. The summed E-state index contributed by atoms with van der Waals surface area (Å²) >= 11 is 0. The lowest BCUT2D eigenvalue weighted by atomic mass is 9.89. The van der Waals surface area contributed by atoms with Gasteiger partial charge in [0.1, 0.15) is 0 Å². The number of urea groups is 1. The van der Waals surface area contributed by atoms with Gasteiger partial charge in [-0.1, -0.05) is 20.8 Å².